The van der Waals surface area contributed by atoms with E-state index in [0.29, 0.717) is 5.95 Å². The molecule has 0 aromatic carbocycles. The molecule has 1 aromatic heterocycles. The first-order valence-electron chi connectivity index (χ1n) is 6.26. The average Bonchev–Trinajstić information content (AvgIpc) is 2.53. The molecule has 3 N–H and O–H groups in total. The van der Waals surface area contributed by atoms with Gasteiger partial charge in [0.25, 0.3) is 0 Å². The van der Waals surface area contributed by atoms with E-state index in [4.69, 9.17) is 5.73 Å². The summed E-state index contributed by atoms with van der Waals surface area (Å²) in [5, 5.41) is 3.01. The van der Waals surface area contributed by atoms with Gasteiger partial charge in [0.15, 0.2) is 0 Å². The van der Waals surface area contributed by atoms with Gasteiger partial charge in [-0.05, 0) is 25.2 Å². The van der Waals surface area contributed by atoms with E-state index in [1.165, 1.54) is 19.3 Å². The molecule has 94 valence electrons. The van der Waals surface area contributed by atoms with Crippen molar-refractivity contribution in [3.8, 4) is 0 Å². The second kappa shape index (κ2) is 5.21. The van der Waals surface area contributed by atoms with Crippen LogP contribution in [-0.2, 0) is 0 Å². The third kappa shape index (κ3) is 2.99. The van der Waals surface area contributed by atoms with Crippen LogP contribution >= 0.6 is 0 Å². The molecule has 1 unspecified atom stereocenters. The first kappa shape index (κ1) is 12.0. The molecular formula is C12H21N5. The zero-order chi connectivity index (χ0) is 12.3. The smallest absolute Gasteiger partial charge is 0.223 e. The molecule has 1 fully saturated rings. The van der Waals surface area contributed by atoms with Crippen LogP contribution in [0.5, 0.6) is 0 Å². The average molecular weight is 235 g/mol. The number of nitrogen functional groups attached to an aromatic ring is 1. The molecule has 0 radical (unpaired) electrons. The molecule has 1 atom stereocenters. The molecule has 17 heavy (non-hydrogen) atoms. The fourth-order valence-corrected chi connectivity index (χ4v) is 2.23. The summed E-state index contributed by atoms with van der Waals surface area (Å²) in [6, 6.07) is 1.96. The number of rotatable bonds is 2. The number of nitrogens with one attached hydrogen (secondary N) is 1. The molecule has 0 spiro atoms. The van der Waals surface area contributed by atoms with Crippen molar-refractivity contribution in [2.75, 3.05) is 36.1 Å². The molecule has 5 heteroatoms. The van der Waals surface area contributed by atoms with E-state index in [-0.39, 0.29) is 0 Å². The quantitative estimate of drug-likeness (QED) is 0.817. The predicted molar refractivity (Wildman–Crippen MR) is 71.2 cm³/mol. The Kier molecular flexibility index (Phi) is 3.66. The van der Waals surface area contributed by atoms with Gasteiger partial charge in [-0.15, -0.1) is 0 Å². The maximum absolute atomic E-state index is 5.72. The molecule has 1 aromatic rings. The fourth-order valence-electron chi connectivity index (χ4n) is 2.23. The lowest BCUT2D eigenvalue weighted by atomic mass is 10.0. The summed E-state index contributed by atoms with van der Waals surface area (Å²) in [5.74, 6) is 2.87. The topological polar surface area (TPSA) is 67.1 Å². The Balaban J connectivity index is 2.17. The van der Waals surface area contributed by atoms with Crippen LogP contribution in [0.3, 0.4) is 0 Å². The molecule has 1 saturated heterocycles. The normalized spacial score (nSPS) is 21.1. The molecule has 5 nitrogen and oxygen atoms in total. The van der Waals surface area contributed by atoms with Gasteiger partial charge >= 0.3 is 0 Å². The standard InChI is InChI=1S/C12H21N5/c1-9-4-3-6-17(7-5-9)11-8-10(14-2)15-12(13)16-11/h8-9H,3-7H2,1-2H3,(H3,13,14,15,16). The van der Waals surface area contributed by atoms with Gasteiger partial charge < -0.3 is 16.0 Å². The first-order valence-corrected chi connectivity index (χ1v) is 6.26. The highest BCUT2D eigenvalue weighted by Gasteiger charge is 2.16. The summed E-state index contributed by atoms with van der Waals surface area (Å²) < 4.78 is 0. The van der Waals surface area contributed by atoms with Crippen molar-refractivity contribution >= 4 is 17.6 Å². The van der Waals surface area contributed by atoms with E-state index >= 15 is 0 Å². The summed E-state index contributed by atoms with van der Waals surface area (Å²) in [6.45, 7) is 4.43. The van der Waals surface area contributed by atoms with E-state index < -0.39 is 0 Å². The Hall–Kier alpha value is -1.52. The third-order valence-electron chi connectivity index (χ3n) is 3.33. The number of aromatic nitrogens is 2. The van der Waals surface area contributed by atoms with E-state index in [0.717, 1.165) is 30.6 Å². The van der Waals surface area contributed by atoms with Gasteiger partial charge in [-0.3, -0.25) is 0 Å². The highest BCUT2D eigenvalue weighted by Crippen LogP contribution is 2.22. The van der Waals surface area contributed by atoms with Crippen LogP contribution in [0.1, 0.15) is 26.2 Å². The van der Waals surface area contributed by atoms with E-state index in [2.05, 4.69) is 27.1 Å². The maximum Gasteiger partial charge on any atom is 0.223 e. The highest BCUT2D eigenvalue weighted by atomic mass is 15.2. The van der Waals surface area contributed by atoms with Crippen LogP contribution < -0.4 is 16.0 Å². The molecule has 2 heterocycles. The van der Waals surface area contributed by atoms with E-state index in [1.807, 2.05) is 13.1 Å². The summed E-state index contributed by atoms with van der Waals surface area (Å²) in [6.07, 6.45) is 3.74. The van der Waals surface area contributed by atoms with Crippen LogP contribution in [0.4, 0.5) is 17.6 Å². The molecule has 1 aliphatic rings. The van der Waals surface area contributed by atoms with Crippen molar-refractivity contribution < 1.29 is 0 Å². The fraction of sp³-hybridized carbons (Fsp3) is 0.667. The van der Waals surface area contributed by atoms with E-state index in [9.17, 15) is 0 Å². The zero-order valence-corrected chi connectivity index (χ0v) is 10.6. The first-order chi connectivity index (χ1) is 8.19. The number of anilines is 3. The van der Waals surface area contributed by atoms with Crippen LogP contribution in [-0.4, -0.2) is 30.1 Å². The second-order valence-corrected chi connectivity index (χ2v) is 4.74. The van der Waals surface area contributed by atoms with Crippen LogP contribution in [0.2, 0.25) is 0 Å². The van der Waals surface area contributed by atoms with Crippen molar-refractivity contribution in [2.45, 2.75) is 26.2 Å². The summed E-state index contributed by atoms with van der Waals surface area (Å²) >= 11 is 0. The lowest BCUT2D eigenvalue weighted by molar-refractivity contribution is 0.521. The van der Waals surface area contributed by atoms with Crippen LogP contribution in [0.15, 0.2) is 6.07 Å². The van der Waals surface area contributed by atoms with Gasteiger partial charge in [-0.1, -0.05) is 6.92 Å². The number of hydrogen-bond donors (Lipinski definition) is 2. The van der Waals surface area contributed by atoms with Crippen LogP contribution in [0, 0.1) is 5.92 Å². The molecule has 0 aliphatic carbocycles. The van der Waals surface area contributed by atoms with Crippen LogP contribution in [0.25, 0.3) is 0 Å². The molecule has 0 saturated carbocycles. The zero-order valence-electron chi connectivity index (χ0n) is 10.6. The minimum atomic E-state index is 0.337. The van der Waals surface area contributed by atoms with Gasteiger partial charge in [0.2, 0.25) is 5.95 Å². The summed E-state index contributed by atoms with van der Waals surface area (Å²) in [5.41, 5.74) is 5.72. The van der Waals surface area contributed by atoms with Gasteiger partial charge in [0.1, 0.15) is 11.6 Å². The Morgan fingerprint density at radius 1 is 1.35 bits per heavy atom. The third-order valence-corrected chi connectivity index (χ3v) is 3.33. The minimum absolute atomic E-state index is 0.337. The molecule has 0 amide bonds. The van der Waals surface area contributed by atoms with Crippen molar-refractivity contribution in [1.29, 1.82) is 0 Å². The van der Waals surface area contributed by atoms with Gasteiger partial charge in [-0.25, -0.2) is 0 Å². The lowest BCUT2D eigenvalue weighted by Gasteiger charge is -2.22. The van der Waals surface area contributed by atoms with Crippen molar-refractivity contribution in [3.63, 3.8) is 0 Å². The van der Waals surface area contributed by atoms with Crippen molar-refractivity contribution in [1.82, 2.24) is 9.97 Å². The van der Waals surface area contributed by atoms with Crippen molar-refractivity contribution in [3.05, 3.63) is 6.07 Å². The highest BCUT2D eigenvalue weighted by molar-refractivity contribution is 5.52. The minimum Gasteiger partial charge on any atom is -0.373 e. The number of nitrogens with zero attached hydrogens (tertiary/aromatic N) is 3. The largest absolute Gasteiger partial charge is 0.373 e. The summed E-state index contributed by atoms with van der Waals surface area (Å²) in [7, 11) is 1.84. The monoisotopic (exact) mass is 235 g/mol. The number of nitrogens with two attached hydrogens (primary N) is 1. The Labute approximate surface area is 102 Å². The predicted octanol–water partition coefficient (Wildman–Crippen LogP) is 1.73. The SMILES string of the molecule is CNc1cc(N2CCCC(C)CC2)nc(N)n1. The maximum atomic E-state index is 5.72. The van der Waals surface area contributed by atoms with E-state index in [1.54, 1.807) is 0 Å². The second-order valence-electron chi connectivity index (χ2n) is 4.74. The van der Waals surface area contributed by atoms with Gasteiger partial charge in [0, 0.05) is 26.2 Å². The summed E-state index contributed by atoms with van der Waals surface area (Å²) in [4.78, 5) is 10.7. The molecular weight excluding hydrogens is 214 g/mol. The molecule has 0 bridgehead atoms. The lowest BCUT2D eigenvalue weighted by Crippen LogP contribution is -2.25. The Morgan fingerprint density at radius 3 is 2.94 bits per heavy atom. The molecule has 2 rings (SSSR count). The van der Waals surface area contributed by atoms with Crippen molar-refractivity contribution in [2.24, 2.45) is 5.92 Å². The van der Waals surface area contributed by atoms with Gasteiger partial charge in [-0.2, -0.15) is 9.97 Å². The Morgan fingerprint density at radius 2 is 2.18 bits per heavy atom. The van der Waals surface area contributed by atoms with Gasteiger partial charge in [0.05, 0.1) is 0 Å². The number of hydrogen-bond acceptors (Lipinski definition) is 5. The molecule has 1 aliphatic heterocycles. The Bertz CT molecular complexity index is 379.